The molecule has 0 saturated heterocycles. The highest BCUT2D eigenvalue weighted by atomic mass is 127. The molecule has 1 unspecified atom stereocenters. The van der Waals surface area contributed by atoms with Crippen molar-refractivity contribution in [2.75, 3.05) is 0 Å². The van der Waals surface area contributed by atoms with Crippen molar-refractivity contribution in [3.63, 3.8) is 0 Å². The predicted molar refractivity (Wildman–Crippen MR) is 72.9 cm³/mol. The summed E-state index contributed by atoms with van der Waals surface area (Å²) in [6, 6.07) is 8.09. The average Bonchev–Trinajstić information content (AvgIpc) is 2.84. The topological polar surface area (TPSA) is 17.1 Å². The zero-order chi connectivity index (χ0) is 11.2. The number of benzene rings is 1. The molecule has 0 aromatic heterocycles. The summed E-state index contributed by atoms with van der Waals surface area (Å²) in [7, 11) is 0. The van der Waals surface area contributed by atoms with Gasteiger partial charge in [0, 0.05) is 5.56 Å². The maximum atomic E-state index is 12.5. The van der Waals surface area contributed by atoms with Gasteiger partial charge in [0.05, 0.1) is 5.41 Å². The molecule has 1 fully saturated rings. The fourth-order valence-electron chi connectivity index (χ4n) is 3.16. The molecule has 1 spiro atoms. The first-order valence-corrected chi connectivity index (χ1v) is 6.95. The van der Waals surface area contributed by atoms with E-state index in [2.05, 4.69) is 32.7 Å². The molecule has 1 nitrogen and oxygen atoms in total. The first-order chi connectivity index (χ1) is 7.78. The second kappa shape index (κ2) is 3.69. The highest BCUT2D eigenvalue weighted by Crippen LogP contribution is 2.52. The van der Waals surface area contributed by atoms with E-state index in [-0.39, 0.29) is 5.41 Å². The number of halogens is 1. The molecule has 2 aliphatic carbocycles. The van der Waals surface area contributed by atoms with E-state index in [0.717, 1.165) is 31.2 Å². The smallest absolute Gasteiger partial charge is 0.173 e. The lowest BCUT2D eigenvalue weighted by Crippen LogP contribution is -2.26. The lowest BCUT2D eigenvalue weighted by atomic mass is 9.79. The van der Waals surface area contributed by atoms with Gasteiger partial charge in [-0.3, -0.25) is 4.79 Å². The van der Waals surface area contributed by atoms with Crippen molar-refractivity contribution in [2.24, 2.45) is 5.41 Å². The quantitative estimate of drug-likeness (QED) is 0.661. The van der Waals surface area contributed by atoms with Crippen LogP contribution in [0.4, 0.5) is 0 Å². The monoisotopic (exact) mass is 324 g/mol. The minimum Gasteiger partial charge on any atom is -0.293 e. The van der Waals surface area contributed by atoms with Gasteiger partial charge >= 0.3 is 0 Å². The summed E-state index contributed by atoms with van der Waals surface area (Å²) in [6.45, 7) is 0. The Morgan fingerprint density at radius 1 is 1.31 bits per heavy atom. The third-order valence-electron chi connectivity index (χ3n) is 3.98. The molecule has 0 amide bonds. The van der Waals surface area contributed by atoms with Crippen LogP contribution in [0.25, 0.3) is 0 Å². The van der Waals surface area contributed by atoms with Crippen molar-refractivity contribution < 1.29 is 4.79 Å². The van der Waals surface area contributed by atoms with Gasteiger partial charge < -0.3 is 0 Å². The van der Waals surface area contributed by atoms with Crippen LogP contribution in [-0.4, -0.2) is 5.78 Å². The van der Waals surface area contributed by atoms with Gasteiger partial charge in [0.2, 0.25) is 0 Å². The summed E-state index contributed by atoms with van der Waals surface area (Å²) in [5, 5.41) is 0. The summed E-state index contributed by atoms with van der Waals surface area (Å²) >= 11 is 2.28. The Morgan fingerprint density at radius 3 is 2.88 bits per heavy atom. The zero-order valence-electron chi connectivity index (χ0n) is 9.00. The summed E-state index contributed by atoms with van der Waals surface area (Å²) in [5.74, 6) is 0.364. The Balaban J connectivity index is 2.13. The molecule has 0 N–H and O–H groups in total. The van der Waals surface area contributed by atoms with E-state index in [4.69, 9.17) is 0 Å². The normalized spacial score (nSPS) is 30.3. The molecule has 2 aliphatic rings. The van der Waals surface area contributed by atoms with Crippen LogP contribution in [0.15, 0.2) is 33.9 Å². The fourth-order valence-corrected chi connectivity index (χ4v) is 4.07. The van der Waals surface area contributed by atoms with Gasteiger partial charge in [-0.15, -0.1) is 0 Å². The minimum absolute atomic E-state index is 0.162. The molecule has 2 heteroatoms. The maximum Gasteiger partial charge on any atom is 0.173 e. The number of hydrogen-bond acceptors (Lipinski definition) is 1. The second-order valence-corrected chi connectivity index (χ2v) is 5.36. The Labute approximate surface area is 109 Å². The number of hydrogen-bond donors (Lipinski definition) is 0. The molecule has 0 heterocycles. The van der Waals surface area contributed by atoms with Crippen molar-refractivity contribution >= 4 is 28.4 Å². The predicted octanol–water partition coefficient (Wildman–Crippen LogP) is 3.91. The van der Waals surface area contributed by atoms with E-state index in [1.54, 1.807) is 0 Å². The summed E-state index contributed by atoms with van der Waals surface area (Å²) < 4.78 is 2.13. The van der Waals surface area contributed by atoms with E-state index in [1.807, 2.05) is 18.2 Å². The van der Waals surface area contributed by atoms with Gasteiger partial charge in [0.25, 0.3) is 0 Å². The van der Waals surface area contributed by atoms with Crippen LogP contribution in [0, 0.1) is 5.41 Å². The van der Waals surface area contributed by atoms with Crippen LogP contribution in [-0.2, 0) is 6.42 Å². The largest absolute Gasteiger partial charge is 0.293 e. The van der Waals surface area contributed by atoms with E-state index < -0.39 is 0 Å². The highest BCUT2D eigenvalue weighted by Gasteiger charge is 2.49. The van der Waals surface area contributed by atoms with Crippen LogP contribution < -0.4 is 0 Å². The lowest BCUT2D eigenvalue weighted by molar-refractivity contribution is 0.0869. The van der Waals surface area contributed by atoms with Crippen LogP contribution >= 0.6 is 22.6 Å². The van der Waals surface area contributed by atoms with E-state index in [0.29, 0.717) is 5.78 Å². The lowest BCUT2D eigenvalue weighted by Gasteiger charge is -2.22. The number of rotatable bonds is 0. The number of carbonyl (C=O) groups is 1. The molecule has 82 valence electrons. The molecule has 3 rings (SSSR count). The molecular formula is C14H13IO. The van der Waals surface area contributed by atoms with Crippen molar-refractivity contribution in [1.82, 2.24) is 0 Å². The number of allylic oxidation sites excluding steroid dienone is 1. The second-order valence-electron chi connectivity index (χ2n) is 4.73. The fraction of sp³-hybridized carbons (Fsp3) is 0.357. The van der Waals surface area contributed by atoms with Crippen molar-refractivity contribution in [1.29, 1.82) is 0 Å². The molecular weight excluding hydrogens is 311 g/mol. The molecule has 1 atom stereocenters. The summed E-state index contributed by atoms with van der Waals surface area (Å²) in [6.07, 6.45) is 4.23. The number of carbonyl (C=O) groups excluding carboxylic acids is 1. The molecule has 1 aromatic carbocycles. The van der Waals surface area contributed by atoms with Crippen molar-refractivity contribution in [2.45, 2.75) is 25.7 Å². The van der Waals surface area contributed by atoms with Gasteiger partial charge in [0.15, 0.2) is 5.78 Å². The number of ketones is 1. The molecule has 0 bridgehead atoms. The van der Waals surface area contributed by atoms with Gasteiger partial charge in [0.1, 0.15) is 0 Å². The van der Waals surface area contributed by atoms with Crippen molar-refractivity contribution in [3.8, 4) is 0 Å². The van der Waals surface area contributed by atoms with Gasteiger partial charge in [-0.2, -0.15) is 0 Å². The molecule has 16 heavy (non-hydrogen) atoms. The van der Waals surface area contributed by atoms with Crippen LogP contribution in [0.5, 0.6) is 0 Å². The third-order valence-corrected chi connectivity index (χ3v) is 4.74. The Kier molecular flexibility index (Phi) is 2.42. The maximum absolute atomic E-state index is 12.5. The van der Waals surface area contributed by atoms with Crippen LogP contribution in [0.2, 0.25) is 0 Å². The molecule has 1 saturated carbocycles. The number of Topliss-reactive ketones (excluding diaryl/α,β-unsaturated/α-hetero) is 1. The highest BCUT2D eigenvalue weighted by molar-refractivity contribution is 14.1. The van der Waals surface area contributed by atoms with Gasteiger partial charge in [-0.05, 0) is 40.9 Å². The van der Waals surface area contributed by atoms with Crippen LogP contribution in [0.1, 0.15) is 35.2 Å². The third kappa shape index (κ3) is 1.25. The van der Waals surface area contributed by atoms with E-state index >= 15 is 0 Å². The zero-order valence-corrected chi connectivity index (χ0v) is 11.2. The summed E-state index contributed by atoms with van der Waals surface area (Å²) in [5.41, 5.74) is 3.39. The molecule has 0 radical (unpaired) electrons. The molecule has 1 aromatic rings. The minimum atomic E-state index is -0.162. The Morgan fingerprint density at radius 2 is 2.12 bits per heavy atom. The SMILES string of the molecule is O=C1c2ccccc2CC12CCC/C2=C\I. The van der Waals surface area contributed by atoms with E-state index in [1.165, 1.54) is 11.1 Å². The van der Waals surface area contributed by atoms with Crippen LogP contribution in [0.3, 0.4) is 0 Å². The first kappa shape index (κ1) is 10.5. The van der Waals surface area contributed by atoms with E-state index in [9.17, 15) is 4.79 Å². The average molecular weight is 324 g/mol. The Bertz CT molecular complexity index is 489. The van der Waals surface area contributed by atoms with Gasteiger partial charge in [-0.1, -0.05) is 46.9 Å². The molecule has 0 aliphatic heterocycles. The summed E-state index contributed by atoms with van der Waals surface area (Å²) in [4.78, 5) is 12.5. The standard InChI is InChI=1S/C14H13IO/c15-9-11-5-3-7-14(11)8-10-4-1-2-6-12(10)13(14)16/h1-2,4,6,9H,3,5,7-8H2/b11-9+. The van der Waals surface area contributed by atoms with Gasteiger partial charge in [-0.25, -0.2) is 0 Å². The number of fused-ring (bicyclic) bond motifs is 1. The first-order valence-electron chi connectivity index (χ1n) is 5.70. The Hall–Kier alpha value is -0.640. The van der Waals surface area contributed by atoms with Crippen molar-refractivity contribution in [3.05, 3.63) is 45.0 Å².